The molecule has 0 radical (unpaired) electrons. The SMILES string of the molecule is COCCCN=CC(=CN)N(C)CCN(C(=O)N(C)c1c(F)cc(C#Cc2ccccc2)cc1F)C(C)(C=O)CC=O. The molecule has 0 aliphatic carbocycles. The predicted octanol–water partition coefficient (Wildman–Crippen LogP) is 3.61. The number of nitrogens with zero attached hydrogens (tertiary/aromatic N) is 4. The van der Waals surface area contributed by atoms with Crippen LogP contribution in [-0.2, 0) is 14.3 Å². The summed E-state index contributed by atoms with van der Waals surface area (Å²) in [5, 5.41) is 0. The summed E-state index contributed by atoms with van der Waals surface area (Å²) in [7, 11) is 4.50. The topological polar surface area (TPSA) is 109 Å². The summed E-state index contributed by atoms with van der Waals surface area (Å²) in [6, 6.07) is 10.1. The third-order valence-electron chi connectivity index (χ3n) is 6.49. The fraction of sp³-hybridized carbons (Fsp3) is 0.355. The molecule has 0 saturated heterocycles. The van der Waals surface area contributed by atoms with Gasteiger partial charge >= 0.3 is 6.03 Å². The lowest BCUT2D eigenvalue weighted by atomic mass is 9.98. The van der Waals surface area contributed by atoms with Crippen LogP contribution in [0.3, 0.4) is 0 Å². The minimum absolute atomic E-state index is 0.0819. The summed E-state index contributed by atoms with van der Waals surface area (Å²) in [6.07, 6.45) is 4.30. The number of amides is 2. The Labute approximate surface area is 245 Å². The Morgan fingerprint density at radius 2 is 1.71 bits per heavy atom. The number of anilines is 1. The third-order valence-corrected chi connectivity index (χ3v) is 6.49. The number of likely N-dealkylation sites (N-methyl/N-ethyl adjacent to an activating group) is 1. The van der Waals surface area contributed by atoms with Crippen molar-refractivity contribution >= 4 is 30.5 Å². The zero-order valence-corrected chi connectivity index (χ0v) is 24.3. The van der Waals surface area contributed by atoms with Gasteiger partial charge in [-0.25, -0.2) is 13.6 Å². The molecular formula is C31H37F2N5O4. The van der Waals surface area contributed by atoms with Gasteiger partial charge in [0.1, 0.15) is 23.8 Å². The van der Waals surface area contributed by atoms with E-state index in [1.165, 1.54) is 20.2 Å². The second kappa shape index (κ2) is 16.6. The minimum atomic E-state index is -1.58. The molecule has 2 rings (SSSR count). The summed E-state index contributed by atoms with van der Waals surface area (Å²) >= 11 is 0. The zero-order valence-electron chi connectivity index (χ0n) is 24.3. The molecule has 42 heavy (non-hydrogen) atoms. The number of hydrogen-bond acceptors (Lipinski definition) is 7. The lowest BCUT2D eigenvalue weighted by Crippen LogP contribution is -2.57. The number of methoxy groups -OCH3 is 1. The average Bonchev–Trinajstić information content (AvgIpc) is 2.98. The third kappa shape index (κ3) is 9.24. The highest BCUT2D eigenvalue weighted by molar-refractivity contribution is 5.94. The van der Waals surface area contributed by atoms with E-state index in [4.69, 9.17) is 10.5 Å². The second-order valence-electron chi connectivity index (χ2n) is 9.64. The van der Waals surface area contributed by atoms with Crippen LogP contribution >= 0.6 is 0 Å². The maximum Gasteiger partial charge on any atom is 0.325 e. The first-order chi connectivity index (χ1) is 20.1. The van der Waals surface area contributed by atoms with Gasteiger partial charge in [-0.1, -0.05) is 30.0 Å². The van der Waals surface area contributed by atoms with Gasteiger partial charge < -0.3 is 29.9 Å². The Balaban J connectivity index is 2.32. The zero-order chi connectivity index (χ0) is 31.1. The van der Waals surface area contributed by atoms with Gasteiger partial charge in [-0.05, 0) is 37.6 Å². The lowest BCUT2D eigenvalue weighted by molar-refractivity contribution is -0.120. The summed E-state index contributed by atoms with van der Waals surface area (Å²) in [4.78, 5) is 45.1. The van der Waals surface area contributed by atoms with E-state index in [0.29, 0.717) is 37.0 Å². The average molecular weight is 582 g/mol. The Kier molecular flexibility index (Phi) is 13.3. The molecule has 2 aromatic carbocycles. The number of aliphatic imine (C=N–C) groups is 1. The molecule has 0 aliphatic heterocycles. The van der Waals surface area contributed by atoms with Crippen LogP contribution in [0, 0.1) is 23.5 Å². The van der Waals surface area contributed by atoms with Crippen molar-refractivity contribution in [3.63, 3.8) is 0 Å². The number of carbonyl (C=O) groups excluding carboxylic acids is 3. The summed E-state index contributed by atoms with van der Waals surface area (Å²) in [5.74, 6) is 3.52. The number of halogens is 2. The molecule has 0 heterocycles. The number of rotatable bonds is 14. The molecule has 0 bridgehead atoms. The van der Waals surface area contributed by atoms with Crippen molar-refractivity contribution in [1.29, 1.82) is 0 Å². The smallest absolute Gasteiger partial charge is 0.325 e. The highest BCUT2D eigenvalue weighted by Gasteiger charge is 2.38. The number of hydrogen-bond donors (Lipinski definition) is 1. The fourth-order valence-corrected chi connectivity index (χ4v) is 3.97. The number of allylic oxidation sites excluding steroid dienone is 1. The van der Waals surface area contributed by atoms with Crippen LogP contribution in [0.2, 0.25) is 0 Å². The predicted molar refractivity (Wildman–Crippen MR) is 159 cm³/mol. The van der Waals surface area contributed by atoms with Crippen molar-refractivity contribution in [2.75, 3.05) is 52.3 Å². The Hall–Kier alpha value is -4.56. The van der Waals surface area contributed by atoms with Crippen LogP contribution in [0.5, 0.6) is 0 Å². The molecule has 0 aromatic heterocycles. The maximum atomic E-state index is 15.2. The van der Waals surface area contributed by atoms with Gasteiger partial charge in [0.15, 0.2) is 11.6 Å². The summed E-state index contributed by atoms with van der Waals surface area (Å²) in [5.41, 5.74) is 4.86. The quantitative estimate of drug-likeness (QED) is 0.158. The van der Waals surface area contributed by atoms with Gasteiger partial charge in [-0.15, -0.1) is 0 Å². The monoisotopic (exact) mass is 581 g/mol. The van der Waals surface area contributed by atoms with Crippen LogP contribution in [0.4, 0.5) is 19.3 Å². The van der Waals surface area contributed by atoms with E-state index < -0.39 is 28.9 Å². The molecule has 11 heteroatoms. The number of benzene rings is 2. The van der Waals surface area contributed by atoms with Gasteiger partial charge in [0, 0.05) is 77.4 Å². The molecule has 0 spiro atoms. The number of ether oxygens (including phenoxy) is 1. The molecule has 9 nitrogen and oxygen atoms in total. The van der Waals surface area contributed by atoms with Crippen LogP contribution < -0.4 is 10.6 Å². The van der Waals surface area contributed by atoms with E-state index in [2.05, 4.69) is 16.8 Å². The van der Waals surface area contributed by atoms with Crippen LogP contribution in [-0.4, -0.2) is 87.6 Å². The Morgan fingerprint density at radius 1 is 1.07 bits per heavy atom. The normalized spacial score (nSPS) is 12.7. The Bertz CT molecular complexity index is 1320. The fourth-order valence-electron chi connectivity index (χ4n) is 3.97. The molecule has 0 aliphatic rings. The van der Waals surface area contributed by atoms with E-state index in [1.807, 2.05) is 6.07 Å². The lowest BCUT2D eigenvalue weighted by Gasteiger charge is -2.39. The molecule has 1 atom stereocenters. The highest BCUT2D eigenvalue weighted by Crippen LogP contribution is 2.27. The molecule has 1 unspecified atom stereocenters. The van der Waals surface area contributed by atoms with Gasteiger partial charge in [-0.3, -0.25) is 9.89 Å². The van der Waals surface area contributed by atoms with Gasteiger partial charge in [-0.2, -0.15) is 0 Å². The number of aldehydes is 2. The van der Waals surface area contributed by atoms with E-state index in [1.54, 1.807) is 49.5 Å². The Morgan fingerprint density at radius 3 is 2.29 bits per heavy atom. The van der Waals surface area contributed by atoms with Gasteiger partial charge in [0.2, 0.25) is 0 Å². The standard InChI is InChI=1S/C31H37F2N5O4/c1-31(23-40,13-17-39)38(16-15-36(2)26(21-34)22-35-14-8-18-42-4)30(41)37(3)29-27(32)19-25(20-28(29)33)12-11-24-9-6-5-7-10-24/h5-7,9-10,17,19-23H,8,13-16,18,34H2,1-4H3. The molecule has 224 valence electrons. The first-order valence-corrected chi connectivity index (χ1v) is 13.2. The maximum absolute atomic E-state index is 15.2. The van der Waals surface area contributed by atoms with Crippen molar-refractivity contribution in [2.45, 2.75) is 25.3 Å². The van der Waals surface area contributed by atoms with Crippen molar-refractivity contribution in [2.24, 2.45) is 10.7 Å². The molecule has 2 N–H and O–H groups in total. The van der Waals surface area contributed by atoms with Crippen LogP contribution in [0.15, 0.2) is 59.4 Å². The van der Waals surface area contributed by atoms with Crippen molar-refractivity contribution < 1.29 is 27.9 Å². The first kappa shape index (κ1) is 33.6. The molecular weight excluding hydrogens is 544 g/mol. The molecule has 0 fully saturated rings. The highest BCUT2D eigenvalue weighted by atomic mass is 19.1. The van der Waals surface area contributed by atoms with Crippen molar-refractivity contribution in [3.05, 3.63) is 77.1 Å². The number of urea groups is 1. The first-order valence-electron chi connectivity index (χ1n) is 13.2. The largest absolute Gasteiger partial charge is 0.403 e. The van der Waals surface area contributed by atoms with E-state index in [-0.39, 0.29) is 25.1 Å². The van der Waals surface area contributed by atoms with E-state index >= 15 is 8.78 Å². The van der Waals surface area contributed by atoms with Crippen molar-refractivity contribution in [1.82, 2.24) is 9.80 Å². The van der Waals surface area contributed by atoms with Crippen LogP contribution in [0.25, 0.3) is 0 Å². The second-order valence-corrected chi connectivity index (χ2v) is 9.64. The van der Waals surface area contributed by atoms with E-state index in [9.17, 15) is 14.4 Å². The molecule has 0 saturated carbocycles. The molecule has 2 amide bonds. The van der Waals surface area contributed by atoms with E-state index in [0.717, 1.165) is 28.4 Å². The minimum Gasteiger partial charge on any atom is -0.403 e. The summed E-state index contributed by atoms with van der Waals surface area (Å²) < 4.78 is 35.4. The summed E-state index contributed by atoms with van der Waals surface area (Å²) in [6.45, 7) is 2.57. The molecule has 2 aromatic rings. The van der Waals surface area contributed by atoms with Gasteiger partial charge in [0.05, 0.1) is 5.70 Å². The van der Waals surface area contributed by atoms with Crippen LogP contribution in [0.1, 0.15) is 30.9 Å². The number of carbonyl (C=O) groups is 3. The van der Waals surface area contributed by atoms with Crippen molar-refractivity contribution in [3.8, 4) is 11.8 Å². The number of nitrogens with two attached hydrogens (primary N) is 1. The van der Waals surface area contributed by atoms with Gasteiger partial charge in [0.25, 0.3) is 0 Å².